The van der Waals surface area contributed by atoms with Gasteiger partial charge in [0, 0.05) is 0 Å². The van der Waals surface area contributed by atoms with Gasteiger partial charge < -0.3 is 0 Å². The highest BCUT2D eigenvalue weighted by Crippen LogP contribution is 2.03. The molecule has 0 aliphatic carbocycles. The molecule has 0 spiro atoms. The summed E-state index contributed by atoms with van der Waals surface area (Å²) in [6, 6.07) is 0. The predicted molar refractivity (Wildman–Crippen MR) is 33.7 cm³/mol. The van der Waals surface area contributed by atoms with E-state index in [1.807, 2.05) is 0 Å². The Bertz CT molecular complexity index is 146. The van der Waals surface area contributed by atoms with Crippen LogP contribution in [0, 0.1) is 0 Å². The second-order valence-electron chi connectivity index (χ2n) is 1.03. The molecule has 7 heavy (non-hydrogen) atoms. The molecule has 0 aromatic heterocycles. The van der Waals surface area contributed by atoms with Crippen LogP contribution in [0.15, 0.2) is 15.8 Å². The quantitative estimate of drug-likeness (QED) is 0.464. The van der Waals surface area contributed by atoms with Crippen molar-refractivity contribution < 1.29 is 0 Å². The van der Waals surface area contributed by atoms with Crippen LogP contribution in [0.3, 0.4) is 0 Å². The van der Waals surface area contributed by atoms with E-state index >= 15 is 0 Å². The zero-order valence-corrected chi connectivity index (χ0v) is 5.09. The first-order valence-corrected chi connectivity index (χ1v) is 2.60. The smallest absolute Gasteiger partial charge is 0.236 e. The van der Waals surface area contributed by atoms with Crippen LogP contribution in [-0.4, -0.2) is 12.4 Å². The minimum atomic E-state index is 0.773. The van der Waals surface area contributed by atoms with Crippen molar-refractivity contribution in [2.75, 3.05) is 0 Å². The fourth-order valence-electron chi connectivity index (χ4n) is 0.281. The molecule has 0 aromatic rings. The fraction of sp³-hybridized carbons (Fsp3) is 0. The number of hydrogen-bond acceptors (Lipinski definition) is 2. The highest BCUT2D eigenvalue weighted by molar-refractivity contribution is 9.11. The summed E-state index contributed by atoms with van der Waals surface area (Å²) >= 11 is 3.14. The number of halogens is 1. The molecule has 0 amide bonds. The zero-order valence-electron chi connectivity index (χ0n) is 3.50. The van der Waals surface area contributed by atoms with E-state index in [9.17, 15) is 0 Å². The van der Waals surface area contributed by atoms with Crippen LogP contribution in [0.25, 0.3) is 0 Å². The summed E-state index contributed by atoms with van der Waals surface area (Å²) in [5.74, 6) is 0. The number of rotatable bonds is 0. The van der Waals surface area contributed by atoms with Gasteiger partial charge in [0.05, 0.1) is 11.2 Å². The van der Waals surface area contributed by atoms with Crippen LogP contribution < -0.4 is 4.99 Å². The summed E-state index contributed by atoms with van der Waals surface area (Å²) in [6.45, 7) is 0. The molecule has 3 heteroatoms. The monoisotopic (exact) mass is 158 g/mol. The van der Waals surface area contributed by atoms with Crippen molar-refractivity contribution in [3.8, 4) is 0 Å². The van der Waals surface area contributed by atoms with E-state index in [1.165, 1.54) is 0 Å². The van der Waals surface area contributed by atoms with Crippen LogP contribution in [0.2, 0.25) is 0 Å². The van der Waals surface area contributed by atoms with Crippen LogP contribution in [0.1, 0.15) is 0 Å². The van der Waals surface area contributed by atoms with Gasteiger partial charge in [-0.25, -0.2) is 4.99 Å². The van der Waals surface area contributed by atoms with Crippen molar-refractivity contribution in [3.05, 3.63) is 10.8 Å². The van der Waals surface area contributed by atoms with Crippen LogP contribution in [-0.2, 0) is 0 Å². The van der Waals surface area contributed by atoms with E-state index in [-0.39, 0.29) is 0 Å². The Morgan fingerprint density at radius 1 is 1.71 bits per heavy atom. The molecule has 1 radical (unpaired) electrons. The largest absolute Gasteiger partial charge is 0.274 e. The molecule has 1 rings (SSSR count). The summed E-state index contributed by atoms with van der Waals surface area (Å²) in [7, 11) is 0. The maximum atomic E-state index is 3.83. The molecule has 0 unspecified atom stereocenters. The third-order valence-electron chi connectivity index (χ3n) is 0.532. The molecule has 0 N–H and O–H groups in total. The maximum Gasteiger partial charge on any atom is 0.274 e. The van der Waals surface area contributed by atoms with E-state index in [0.717, 1.165) is 4.61 Å². The standard InChI is InChI=1S/C4H3BrN2/c5-4-3-6-1-2-7-4/h1-3H/q+1. The molecule has 35 valence electrons. The first-order valence-electron chi connectivity index (χ1n) is 1.81. The van der Waals surface area contributed by atoms with Crippen molar-refractivity contribution >= 4 is 28.4 Å². The summed E-state index contributed by atoms with van der Waals surface area (Å²) < 4.78 is 0.773. The van der Waals surface area contributed by atoms with Gasteiger partial charge in [-0.1, -0.05) is 0 Å². The highest BCUT2D eigenvalue weighted by atomic mass is 79.9. The van der Waals surface area contributed by atoms with Gasteiger partial charge in [0.2, 0.25) is 0 Å². The fourth-order valence-corrected chi connectivity index (χ4v) is 0.517. The van der Waals surface area contributed by atoms with Crippen LogP contribution in [0.4, 0.5) is 0 Å². The Morgan fingerprint density at radius 2 is 2.57 bits per heavy atom. The molecular formula is C4H3BrN2+. The molecule has 1 aliphatic rings. The van der Waals surface area contributed by atoms with E-state index < -0.39 is 0 Å². The van der Waals surface area contributed by atoms with Crippen LogP contribution >= 0.6 is 15.9 Å². The lowest BCUT2D eigenvalue weighted by atomic mass is 10.7. The second kappa shape index (κ2) is 2.02. The Hall–Kier alpha value is -0.440. The Morgan fingerprint density at radius 3 is 2.86 bits per heavy atom. The SMILES string of the molecule is BrC1=C[N+]=CC=N1. The predicted octanol–water partition coefficient (Wildman–Crippen LogP) is 0.671. The molecule has 1 heterocycles. The van der Waals surface area contributed by atoms with Crippen molar-refractivity contribution in [3.63, 3.8) is 0 Å². The van der Waals surface area contributed by atoms with E-state index in [1.54, 1.807) is 18.6 Å². The van der Waals surface area contributed by atoms with Crippen molar-refractivity contribution in [1.29, 1.82) is 0 Å². The van der Waals surface area contributed by atoms with Gasteiger partial charge in [-0.2, -0.15) is 0 Å². The Labute approximate surface area is 49.8 Å². The number of aliphatic imine (C=N–C) groups is 2. The van der Waals surface area contributed by atoms with Gasteiger partial charge in [0.25, 0.3) is 12.4 Å². The van der Waals surface area contributed by atoms with Crippen molar-refractivity contribution in [1.82, 2.24) is 4.99 Å². The lowest BCUT2D eigenvalue weighted by Crippen LogP contribution is -1.89. The lowest BCUT2D eigenvalue weighted by molar-refractivity contribution is 1.34. The molecule has 0 atom stereocenters. The van der Waals surface area contributed by atoms with Gasteiger partial charge in [-0.05, 0) is 15.9 Å². The van der Waals surface area contributed by atoms with Gasteiger partial charge in [-0.15, -0.1) is 0 Å². The molecule has 0 aromatic carbocycles. The average Bonchev–Trinajstić information content (AvgIpc) is 1.69. The van der Waals surface area contributed by atoms with Gasteiger partial charge in [0.15, 0.2) is 4.61 Å². The minimum absolute atomic E-state index is 0.773. The number of nitrogens with zero attached hydrogens (tertiary/aromatic N) is 2. The average molecular weight is 159 g/mol. The van der Waals surface area contributed by atoms with E-state index in [0.29, 0.717) is 0 Å². The number of hydrogen-bond donors (Lipinski definition) is 0. The highest BCUT2D eigenvalue weighted by Gasteiger charge is 1.94. The maximum absolute atomic E-state index is 3.83. The molecule has 0 fully saturated rings. The zero-order chi connectivity index (χ0) is 5.11. The van der Waals surface area contributed by atoms with Crippen molar-refractivity contribution in [2.45, 2.75) is 0 Å². The first-order chi connectivity index (χ1) is 3.39. The van der Waals surface area contributed by atoms with Crippen molar-refractivity contribution in [2.24, 2.45) is 4.99 Å². The van der Waals surface area contributed by atoms with Gasteiger partial charge in [-0.3, -0.25) is 0 Å². The first kappa shape index (κ1) is 4.71. The Balaban J connectivity index is 2.82. The topological polar surface area (TPSA) is 26.5 Å². The third-order valence-corrected chi connectivity index (χ3v) is 0.941. The summed E-state index contributed by atoms with van der Waals surface area (Å²) in [6.07, 6.45) is 4.90. The Kier molecular flexibility index (Phi) is 1.36. The van der Waals surface area contributed by atoms with E-state index in [2.05, 4.69) is 25.9 Å². The molecule has 1 aliphatic heterocycles. The van der Waals surface area contributed by atoms with E-state index in [4.69, 9.17) is 0 Å². The molecular weight excluding hydrogens is 156 g/mol. The summed E-state index contributed by atoms with van der Waals surface area (Å²) in [5, 5.41) is 0. The van der Waals surface area contributed by atoms with Crippen LogP contribution in [0.5, 0.6) is 0 Å². The lowest BCUT2D eigenvalue weighted by Gasteiger charge is -1.76. The normalized spacial score (nSPS) is 17.0. The molecule has 2 nitrogen and oxygen atoms in total. The molecule has 0 saturated carbocycles. The molecule has 0 bridgehead atoms. The third kappa shape index (κ3) is 1.23. The van der Waals surface area contributed by atoms with Gasteiger partial charge in [0.1, 0.15) is 0 Å². The second-order valence-corrected chi connectivity index (χ2v) is 1.84. The van der Waals surface area contributed by atoms with Gasteiger partial charge >= 0.3 is 0 Å². The summed E-state index contributed by atoms with van der Waals surface area (Å²) in [4.78, 5) is 7.61. The summed E-state index contributed by atoms with van der Waals surface area (Å²) in [5.41, 5.74) is 0. The minimum Gasteiger partial charge on any atom is -0.236 e. The molecule has 0 saturated heterocycles.